The Kier molecular flexibility index (Phi) is 3.83. The Labute approximate surface area is 108 Å². The molecular weight excluding hydrogens is 224 g/mol. The lowest BCUT2D eigenvalue weighted by atomic mass is 10.1. The molecule has 0 saturated heterocycles. The Balaban J connectivity index is 2.29. The van der Waals surface area contributed by atoms with Crippen LogP contribution in [0, 0.1) is 0 Å². The lowest BCUT2D eigenvalue weighted by Crippen LogP contribution is -2.26. The van der Waals surface area contributed by atoms with Crippen molar-refractivity contribution in [1.29, 1.82) is 0 Å². The molecule has 0 bridgehead atoms. The van der Waals surface area contributed by atoms with E-state index >= 15 is 0 Å². The molecule has 3 heteroatoms. The molecule has 94 valence electrons. The Morgan fingerprint density at radius 3 is 2.83 bits per heavy atom. The minimum Gasteiger partial charge on any atom is -0.267 e. The van der Waals surface area contributed by atoms with Crippen LogP contribution in [0.5, 0.6) is 0 Å². The topological polar surface area (TPSA) is 34.9 Å². The van der Waals surface area contributed by atoms with Crippen LogP contribution >= 0.6 is 0 Å². The van der Waals surface area contributed by atoms with Crippen LogP contribution in [0.1, 0.15) is 32.3 Å². The highest BCUT2D eigenvalue weighted by Crippen LogP contribution is 2.02. The number of hydrogen-bond donors (Lipinski definition) is 0. The van der Waals surface area contributed by atoms with Gasteiger partial charge < -0.3 is 0 Å². The molecule has 1 aromatic heterocycles. The zero-order chi connectivity index (χ0) is 13.7. The highest BCUT2D eigenvalue weighted by atomic mass is 16.1. The van der Waals surface area contributed by atoms with Gasteiger partial charge in [-0.1, -0.05) is 43.7 Å². The summed E-state index contributed by atoms with van der Waals surface area (Å²) in [5.74, 6) is 0. The SMILES string of the molecule is [2H]c1cnn(Cc2ccccc2)c(=O)c1CCCC. The molecule has 2 rings (SSSR count). The number of benzene rings is 1. The Morgan fingerprint density at radius 1 is 1.33 bits per heavy atom. The predicted molar refractivity (Wildman–Crippen MR) is 72.7 cm³/mol. The molecule has 0 unspecified atom stereocenters. The average Bonchev–Trinajstić information content (AvgIpc) is 2.43. The van der Waals surface area contributed by atoms with Crippen LogP contribution in [-0.2, 0) is 13.0 Å². The number of nitrogens with zero attached hydrogens (tertiary/aromatic N) is 2. The lowest BCUT2D eigenvalue weighted by Gasteiger charge is -2.06. The standard InChI is InChI=1S/C15H18N2O/c1-2-3-9-14-10-11-16-17(15(14)18)12-13-7-5-4-6-8-13/h4-8,10-11H,2-3,9,12H2,1H3/i10D. The van der Waals surface area contributed by atoms with Crippen LogP contribution in [0.3, 0.4) is 0 Å². The molecule has 3 nitrogen and oxygen atoms in total. The molecule has 0 atom stereocenters. The van der Waals surface area contributed by atoms with Gasteiger partial charge in [0.2, 0.25) is 0 Å². The zero-order valence-electron chi connectivity index (χ0n) is 11.6. The van der Waals surface area contributed by atoms with Crippen molar-refractivity contribution in [2.24, 2.45) is 0 Å². The van der Waals surface area contributed by atoms with E-state index in [0.29, 0.717) is 18.5 Å². The number of unbranched alkanes of at least 4 members (excludes halogenated alkanes) is 1. The van der Waals surface area contributed by atoms with Gasteiger partial charge in [0.1, 0.15) is 0 Å². The third kappa shape index (κ3) is 3.06. The molecule has 0 spiro atoms. The quantitative estimate of drug-likeness (QED) is 0.809. The minimum absolute atomic E-state index is 0.134. The van der Waals surface area contributed by atoms with Gasteiger partial charge in [0.05, 0.1) is 7.92 Å². The molecule has 0 fully saturated rings. The first-order valence-corrected chi connectivity index (χ1v) is 6.32. The molecule has 1 heterocycles. The Morgan fingerprint density at radius 2 is 2.11 bits per heavy atom. The maximum Gasteiger partial charge on any atom is 0.270 e. The number of hydrogen-bond acceptors (Lipinski definition) is 2. The average molecular weight is 243 g/mol. The lowest BCUT2D eigenvalue weighted by molar-refractivity contribution is 0.624. The molecule has 0 N–H and O–H groups in total. The molecule has 0 aliphatic heterocycles. The van der Waals surface area contributed by atoms with Crippen molar-refractivity contribution in [2.75, 3.05) is 0 Å². The molecule has 2 aromatic rings. The van der Waals surface area contributed by atoms with E-state index in [0.717, 1.165) is 18.4 Å². The minimum atomic E-state index is -0.134. The van der Waals surface area contributed by atoms with E-state index in [9.17, 15) is 4.79 Å². The van der Waals surface area contributed by atoms with Gasteiger partial charge in [0.25, 0.3) is 5.56 Å². The van der Waals surface area contributed by atoms with Crippen LogP contribution in [-0.4, -0.2) is 9.78 Å². The highest BCUT2D eigenvalue weighted by Gasteiger charge is 2.04. The van der Waals surface area contributed by atoms with E-state index in [1.807, 2.05) is 30.3 Å². The maximum atomic E-state index is 12.3. The van der Waals surface area contributed by atoms with Crippen molar-refractivity contribution in [3.05, 3.63) is 64.1 Å². The maximum absolute atomic E-state index is 12.3. The summed E-state index contributed by atoms with van der Waals surface area (Å²) in [5, 5.41) is 4.06. The molecule has 18 heavy (non-hydrogen) atoms. The predicted octanol–water partition coefficient (Wildman–Crippen LogP) is 2.63. The van der Waals surface area contributed by atoms with E-state index in [1.54, 1.807) is 0 Å². The normalized spacial score (nSPS) is 11.3. The summed E-state index contributed by atoms with van der Waals surface area (Å²) in [5.41, 5.74) is 1.48. The van der Waals surface area contributed by atoms with E-state index in [1.165, 1.54) is 10.9 Å². The Bertz CT molecular complexity index is 593. The second kappa shape index (κ2) is 6.15. The first-order chi connectivity index (χ1) is 9.22. The molecule has 0 aliphatic carbocycles. The van der Waals surface area contributed by atoms with E-state index < -0.39 is 0 Å². The summed E-state index contributed by atoms with van der Waals surface area (Å²) < 4.78 is 9.23. The van der Waals surface area contributed by atoms with Crippen molar-refractivity contribution in [3.63, 3.8) is 0 Å². The van der Waals surface area contributed by atoms with Gasteiger partial charge in [-0.05, 0) is 24.4 Å². The number of rotatable bonds is 5. The zero-order valence-corrected chi connectivity index (χ0v) is 10.6. The van der Waals surface area contributed by atoms with E-state index in [4.69, 9.17) is 1.37 Å². The summed E-state index contributed by atoms with van der Waals surface area (Å²) in [6, 6.07) is 10.0. The van der Waals surface area contributed by atoms with Crippen LogP contribution in [0.15, 0.2) is 47.4 Å². The van der Waals surface area contributed by atoms with Crippen LogP contribution in [0.4, 0.5) is 0 Å². The molecule has 0 aliphatic rings. The summed E-state index contributed by atoms with van der Waals surface area (Å²) in [4.78, 5) is 12.3. The number of aromatic nitrogens is 2. The van der Waals surface area contributed by atoms with Crippen molar-refractivity contribution in [3.8, 4) is 0 Å². The molecule has 1 aromatic carbocycles. The van der Waals surface area contributed by atoms with Gasteiger partial charge in [-0.25, -0.2) is 4.68 Å². The van der Waals surface area contributed by atoms with Crippen molar-refractivity contribution in [1.82, 2.24) is 9.78 Å². The van der Waals surface area contributed by atoms with E-state index in [2.05, 4.69) is 12.0 Å². The monoisotopic (exact) mass is 243 g/mol. The summed E-state index contributed by atoms with van der Waals surface area (Å²) in [6.45, 7) is 2.53. The van der Waals surface area contributed by atoms with Crippen molar-refractivity contribution >= 4 is 0 Å². The summed E-state index contributed by atoms with van der Waals surface area (Å²) in [7, 11) is 0. The Hall–Kier alpha value is -1.90. The van der Waals surface area contributed by atoms with Crippen molar-refractivity contribution < 1.29 is 1.37 Å². The van der Waals surface area contributed by atoms with E-state index in [-0.39, 0.29) is 11.6 Å². The fourth-order valence-corrected chi connectivity index (χ4v) is 1.85. The molecule has 0 amide bonds. The van der Waals surface area contributed by atoms with Gasteiger partial charge in [-0.15, -0.1) is 0 Å². The third-order valence-electron chi connectivity index (χ3n) is 2.88. The molecule has 0 saturated carbocycles. The highest BCUT2D eigenvalue weighted by molar-refractivity contribution is 5.15. The molecule has 0 radical (unpaired) electrons. The van der Waals surface area contributed by atoms with Gasteiger partial charge in [0, 0.05) is 11.8 Å². The van der Waals surface area contributed by atoms with Crippen LogP contribution in [0.2, 0.25) is 0 Å². The first-order valence-electron chi connectivity index (χ1n) is 6.82. The second-order valence-electron chi connectivity index (χ2n) is 4.32. The van der Waals surface area contributed by atoms with Gasteiger partial charge >= 0.3 is 0 Å². The van der Waals surface area contributed by atoms with Gasteiger partial charge in [-0.2, -0.15) is 5.10 Å². The molecular formula is C15H18N2O. The summed E-state index contributed by atoms with van der Waals surface area (Å²) in [6.07, 6.45) is 4.07. The second-order valence-corrected chi connectivity index (χ2v) is 4.32. The van der Waals surface area contributed by atoms with Crippen molar-refractivity contribution in [2.45, 2.75) is 32.7 Å². The van der Waals surface area contributed by atoms with Gasteiger partial charge in [-0.3, -0.25) is 4.79 Å². The smallest absolute Gasteiger partial charge is 0.267 e. The van der Waals surface area contributed by atoms with Crippen LogP contribution < -0.4 is 5.56 Å². The summed E-state index contributed by atoms with van der Waals surface area (Å²) >= 11 is 0. The fraction of sp³-hybridized carbons (Fsp3) is 0.333. The third-order valence-corrected chi connectivity index (χ3v) is 2.88. The van der Waals surface area contributed by atoms with Crippen LogP contribution in [0.25, 0.3) is 0 Å². The van der Waals surface area contributed by atoms with Gasteiger partial charge in [0.15, 0.2) is 0 Å². The fourth-order valence-electron chi connectivity index (χ4n) is 1.85. The largest absolute Gasteiger partial charge is 0.270 e. The first kappa shape index (κ1) is 11.2.